The van der Waals surface area contributed by atoms with E-state index >= 15 is 0 Å². The number of Topliss-reactive ketones (excluding diaryl/α,β-unsaturated/α-hetero) is 2. The molecular weight excluding hydrogens is 352 g/mol. The minimum Gasteiger partial charge on any atom is -0.466 e. The van der Waals surface area contributed by atoms with E-state index in [9.17, 15) is 14.4 Å². The van der Waals surface area contributed by atoms with E-state index in [0.29, 0.717) is 30.0 Å². The molecule has 0 aromatic carbocycles. The predicted octanol–water partition coefficient (Wildman–Crippen LogP) is 7.92. The first kappa shape index (κ1) is 45.5. The van der Waals surface area contributed by atoms with Crippen LogP contribution >= 0.6 is 0 Å². The molecule has 0 bridgehead atoms. The average Bonchev–Trinajstić information content (AvgIpc) is 2.46. The summed E-state index contributed by atoms with van der Waals surface area (Å²) in [7, 11) is 0. The minimum absolute atomic E-state index is 0. The number of rotatable bonds is 7. The van der Waals surface area contributed by atoms with E-state index in [2.05, 4.69) is 46.3 Å². The van der Waals surface area contributed by atoms with Crippen LogP contribution in [0.25, 0.3) is 0 Å². The fraction of sp³-hybridized carbons (Fsp3) is 0.875. The van der Waals surface area contributed by atoms with Crippen LogP contribution in [0.1, 0.15) is 124 Å². The lowest BCUT2D eigenvalue weighted by atomic mass is 10.0. The summed E-state index contributed by atoms with van der Waals surface area (Å²) in [6.45, 7) is 19.6. The number of carbonyl (C=O) groups excluding carboxylic acids is 3. The van der Waals surface area contributed by atoms with Crippen molar-refractivity contribution in [2.75, 3.05) is 6.61 Å². The minimum atomic E-state index is -0.211. The molecule has 0 saturated heterocycles. The SMILES string of the molecule is C.C.C.CC(=O)CCC(C)C.CCC.CCC(C)CC(C)=O.CCOC(C)=O. The molecule has 0 aliphatic heterocycles. The lowest BCUT2D eigenvalue weighted by Crippen LogP contribution is -1.98. The Kier molecular flexibility index (Phi) is 59.6. The van der Waals surface area contributed by atoms with Gasteiger partial charge in [0.1, 0.15) is 11.6 Å². The Balaban J connectivity index is -0.0000000423. The number of hydrogen-bond donors (Lipinski definition) is 0. The van der Waals surface area contributed by atoms with Gasteiger partial charge in [-0.2, -0.15) is 0 Å². The summed E-state index contributed by atoms with van der Waals surface area (Å²) in [5, 5.41) is 0. The molecular formula is C24H56O4. The molecule has 4 nitrogen and oxygen atoms in total. The second kappa shape index (κ2) is 36.7. The second-order valence-corrected chi connectivity index (χ2v) is 6.69. The topological polar surface area (TPSA) is 60.4 Å². The van der Waals surface area contributed by atoms with Crippen LogP contribution < -0.4 is 0 Å². The molecule has 0 aliphatic carbocycles. The first-order valence-electron chi connectivity index (χ1n) is 9.60. The van der Waals surface area contributed by atoms with E-state index in [0.717, 1.165) is 25.7 Å². The summed E-state index contributed by atoms with van der Waals surface area (Å²) < 4.78 is 4.40. The molecule has 1 unspecified atom stereocenters. The van der Waals surface area contributed by atoms with Crippen molar-refractivity contribution in [3.05, 3.63) is 0 Å². The zero-order chi connectivity index (χ0) is 20.8. The van der Waals surface area contributed by atoms with E-state index in [-0.39, 0.29) is 28.2 Å². The van der Waals surface area contributed by atoms with Gasteiger partial charge in [0.25, 0.3) is 0 Å². The molecule has 0 fully saturated rings. The summed E-state index contributed by atoms with van der Waals surface area (Å²) in [6, 6.07) is 0. The molecule has 1 atom stereocenters. The van der Waals surface area contributed by atoms with Crippen molar-refractivity contribution in [2.45, 2.75) is 124 Å². The maximum Gasteiger partial charge on any atom is 0.302 e. The molecule has 4 heteroatoms. The molecule has 0 spiro atoms. The summed E-state index contributed by atoms with van der Waals surface area (Å²) >= 11 is 0. The average molecular weight is 409 g/mol. The lowest BCUT2D eigenvalue weighted by molar-refractivity contribution is -0.140. The molecule has 0 saturated carbocycles. The van der Waals surface area contributed by atoms with Crippen LogP contribution in [0, 0.1) is 11.8 Å². The molecule has 0 aromatic rings. The Morgan fingerprint density at radius 1 is 0.786 bits per heavy atom. The Hall–Kier alpha value is -1.19. The van der Waals surface area contributed by atoms with Crippen molar-refractivity contribution in [3.63, 3.8) is 0 Å². The van der Waals surface area contributed by atoms with Crippen LogP contribution in [0.2, 0.25) is 0 Å². The highest BCUT2D eigenvalue weighted by Crippen LogP contribution is 2.05. The fourth-order valence-electron chi connectivity index (χ4n) is 1.33. The van der Waals surface area contributed by atoms with Crippen molar-refractivity contribution >= 4 is 17.5 Å². The zero-order valence-corrected chi connectivity index (χ0v) is 18.5. The highest BCUT2D eigenvalue weighted by molar-refractivity contribution is 5.75. The van der Waals surface area contributed by atoms with Crippen LogP contribution in [-0.2, 0) is 19.1 Å². The van der Waals surface area contributed by atoms with Crippen LogP contribution in [0.4, 0.5) is 0 Å². The molecule has 0 amide bonds. The van der Waals surface area contributed by atoms with E-state index in [1.807, 2.05) is 0 Å². The normalized spacial score (nSPS) is 8.96. The molecule has 28 heavy (non-hydrogen) atoms. The number of ether oxygens (including phenoxy) is 1. The predicted molar refractivity (Wildman–Crippen MR) is 128 cm³/mol. The van der Waals surface area contributed by atoms with Crippen molar-refractivity contribution < 1.29 is 19.1 Å². The quantitative estimate of drug-likeness (QED) is 0.401. The van der Waals surface area contributed by atoms with Crippen molar-refractivity contribution in [1.29, 1.82) is 0 Å². The molecule has 176 valence electrons. The molecule has 0 heterocycles. The van der Waals surface area contributed by atoms with Crippen molar-refractivity contribution in [1.82, 2.24) is 0 Å². The van der Waals surface area contributed by atoms with Gasteiger partial charge in [0, 0.05) is 19.8 Å². The third-order valence-corrected chi connectivity index (χ3v) is 2.75. The van der Waals surface area contributed by atoms with Gasteiger partial charge < -0.3 is 14.3 Å². The first-order valence-corrected chi connectivity index (χ1v) is 9.60. The number of carbonyl (C=O) groups is 3. The van der Waals surface area contributed by atoms with E-state index in [1.54, 1.807) is 20.8 Å². The molecule has 0 aromatic heterocycles. The largest absolute Gasteiger partial charge is 0.466 e. The van der Waals surface area contributed by atoms with Crippen LogP contribution in [-0.4, -0.2) is 24.1 Å². The zero-order valence-electron chi connectivity index (χ0n) is 18.5. The van der Waals surface area contributed by atoms with Crippen LogP contribution in [0.3, 0.4) is 0 Å². The Morgan fingerprint density at radius 3 is 1.25 bits per heavy atom. The van der Waals surface area contributed by atoms with Crippen LogP contribution in [0.15, 0.2) is 0 Å². The van der Waals surface area contributed by atoms with E-state index in [4.69, 9.17) is 0 Å². The lowest BCUT2D eigenvalue weighted by Gasteiger charge is -2.01. The van der Waals surface area contributed by atoms with Gasteiger partial charge in [0.15, 0.2) is 0 Å². The first-order chi connectivity index (χ1) is 11.5. The van der Waals surface area contributed by atoms with Gasteiger partial charge in [-0.3, -0.25) is 4.79 Å². The van der Waals surface area contributed by atoms with E-state index < -0.39 is 0 Å². The van der Waals surface area contributed by atoms with Crippen LogP contribution in [0.5, 0.6) is 0 Å². The highest BCUT2D eigenvalue weighted by atomic mass is 16.5. The van der Waals surface area contributed by atoms with Crippen molar-refractivity contribution in [2.24, 2.45) is 11.8 Å². The van der Waals surface area contributed by atoms with Gasteiger partial charge in [-0.1, -0.05) is 76.7 Å². The molecule has 0 radical (unpaired) electrons. The maximum atomic E-state index is 10.4. The Labute approximate surface area is 179 Å². The maximum absolute atomic E-state index is 10.4. The number of hydrogen-bond acceptors (Lipinski definition) is 4. The smallest absolute Gasteiger partial charge is 0.302 e. The fourth-order valence-corrected chi connectivity index (χ4v) is 1.33. The molecule has 0 aliphatic rings. The van der Waals surface area contributed by atoms with Gasteiger partial charge in [0.2, 0.25) is 0 Å². The van der Waals surface area contributed by atoms with Gasteiger partial charge in [-0.25, -0.2) is 0 Å². The van der Waals surface area contributed by atoms with Gasteiger partial charge >= 0.3 is 5.97 Å². The second-order valence-electron chi connectivity index (χ2n) is 6.69. The third kappa shape index (κ3) is 85.7. The van der Waals surface area contributed by atoms with E-state index in [1.165, 1.54) is 13.3 Å². The van der Waals surface area contributed by atoms with Gasteiger partial charge in [-0.15, -0.1) is 0 Å². The standard InChI is InChI=1S/2C7H14O.C4H8O2.C3H8.3CH4/c1-6(2)4-5-7(3)8;1-4-6(2)5-7(3)8;1-3-6-4(2)5;1-3-2;;;/h2*6H,4-5H2,1-3H3;3H2,1-2H3;3H2,1-2H3;3*1H4. The van der Waals surface area contributed by atoms with Gasteiger partial charge in [0.05, 0.1) is 6.61 Å². The van der Waals surface area contributed by atoms with Gasteiger partial charge in [-0.05, 0) is 39.0 Å². The summed E-state index contributed by atoms with van der Waals surface area (Å²) in [6.07, 6.45) is 4.89. The highest BCUT2D eigenvalue weighted by Gasteiger charge is 2.00. The summed E-state index contributed by atoms with van der Waals surface area (Å²) in [4.78, 5) is 30.6. The summed E-state index contributed by atoms with van der Waals surface area (Å²) in [5.41, 5.74) is 0. The number of ketones is 2. The molecule has 0 N–H and O–H groups in total. The monoisotopic (exact) mass is 408 g/mol. The summed E-state index contributed by atoms with van der Waals surface area (Å²) in [5.74, 6) is 1.64. The van der Waals surface area contributed by atoms with Crippen molar-refractivity contribution in [3.8, 4) is 0 Å². The number of esters is 1. The Morgan fingerprint density at radius 2 is 1.18 bits per heavy atom. The third-order valence-electron chi connectivity index (χ3n) is 2.75. The molecule has 0 rings (SSSR count). The Bertz CT molecular complexity index is 310.